The number of benzene rings is 1. The van der Waals surface area contributed by atoms with E-state index in [-0.39, 0.29) is 18.0 Å². The van der Waals surface area contributed by atoms with E-state index in [2.05, 4.69) is 27.0 Å². The van der Waals surface area contributed by atoms with Gasteiger partial charge in [0.25, 0.3) is 5.56 Å². The van der Waals surface area contributed by atoms with Crippen molar-refractivity contribution >= 4 is 55.9 Å². The Bertz CT molecular complexity index is 1230. The van der Waals surface area contributed by atoms with Crippen molar-refractivity contribution in [3.05, 3.63) is 56.4 Å². The van der Waals surface area contributed by atoms with Crippen LogP contribution in [0.1, 0.15) is 45.9 Å². The number of anilines is 1. The Hall–Kier alpha value is -2.68. The Morgan fingerprint density at radius 3 is 2.64 bits per heavy atom. The molecule has 7 nitrogen and oxygen atoms in total. The number of methoxy groups -OCH3 is 1. The molecule has 1 saturated heterocycles. The van der Waals surface area contributed by atoms with Crippen molar-refractivity contribution in [1.29, 1.82) is 0 Å². The van der Waals surface area contributed by atoms with E-state index in [0.717, 1.165) is 30.0 Å². The molecule has 0 radical (unpaired) electrons. The lowest BCUT2D eigenvalue weighted by molar-refractivity contribution is 0.0393. The molecule has 1 aliphatic heterocycles. The molecule has 3 aromatic rings. The molecule has 0 bridgehead atoms. The summed E-state index contributed by atoms with van der Waals surface area (Å²) in [7, 11) is 1.53. The van der Waals surface area contributed by atoms with Crippen LogP contribution in [-0.2, 0) is 9.47 Å². The van der Waals surface area contributed by atoms with E-state index in [1.54, 1.807) is 13.0 Å². The third-order valence-electron chi connectivity index (χ3n) is 5.64. The van der Waals surface area contributed by atoms with Crippen molar-refractivity contribution in [2.24, 2.45) is 0 Å². The van der Waals surface area contributed by atoms with Gasteiger partial charge in [0.2, 0.25) is 0 Å². The molecule has 0 aliphatic carbocycles. The molecule has 2 aromatic heterocycles. The van der Waals surface area contributed by atoms with Crippen molar-refractivity contribution in [3.63, 3.8) is 0 Å². The summed E-state index contributed by atoms with van der Waals surface area (Å²) in [5, 5.41) is 0.688. The van der Waals surface area contributed by atoms with Crippen molar-refractivity contribution in [3.8, 4) is 0 Å². The molecule has 1 aliphatic rings. The molecule has 4 rings (SSSR count). The van der Waals surface area contributed by atoms with Gasteiger partial charge in [0.1, 0.15) is 16.3 Å². The van der Waals surface area contributed by atoms with Gasteiger partial charge in [0.05, 0.1) is 17.0 Å². The SMILES string of the molecule is COCCOC(=O)c1sc2nc(/C(Cl)=C/c3ccc(N4CCCCC4)cc3)[nH]c(=O)c2c1C. The third kappa shape index (κ3) is 5.29. The Morgan fingerprint density at radius 2 is 1.94 bits per heavy atom. The Kier molecular flexibility index (Phi) is 7.47. The normalized spacial score (nSPS) is 14.6. The maximum atomic E-state index is 12.7. The van der Waals surface area contributed by atoms with Gasteiger partial charge in [0, 0.05) is 25.9 Å². The summed E-state index contributed by atoms with van der Waals surface area (Å²) >= 11 is 7.63. The topological polar surface area (TPSA) is 84.5 Å². The highest BCUT2D eigenvalue weighted by Gasteiger charge is 2.21. The van der Waals surface area contributed by atoms with Crippen LogP contribution in [-0.4, -0.2) is 49.4 Å². The number of aryl methyl sites for hydroxylation is 1. The molecule has 0 unspecified atom stereocenters. The Balaban J connectivity index is 1.58. The number of H-pyrrole nitrogens is 1. The highest BCUT2D eigenvalue weighted by atomic mass is 35.5. The van der Waals surface area contributed by atoms with Gasteiger partial charge < -0.3 is 19.4 Å². The van der Waals surface area contributed by atoms with Gasteiger partial charge in [-0.3, -0.25) is 4.79 Å². The maximum absolute atomic E-state index is 12.7. The van der Waals surface area contributed by atoms with E-state index in [1.165, 1.54) is 32.1 Å². The maximum Gasteiger partial charge on any atom is 0.348 e. The molecule has 1 fully saturated rings. The number of carbonyl (C=O) groups excluding carboxylic acids is 1. The minimum atomic E-state index is -0.496. The minimum absolute atomic E-state index is 0.142. The van der Waals surface area contributed by atoms with E-state index in [9.17, 15) is 9.59 Å². The van der Waals surface area contributed by atoms with Crippen molar-refractivity contribution in [2.45, 2.75) is 26.2 Å². The summed E-state index contributed by atoms with van der Waals surface area (Å²) in [5.74, 6) is -0.237. The molecule has 174 valence electrons. The average molecular weight is 488 g/mol. The number of esters is 1. The molecule has 1 N–H and O–H groups in total. The number of hydrogen-bond donors (Lipinski definition) is 1. The van der Waals surface area contributed by atoms with Crippen molar-refractivity contribution in [1.82, 2.24) is 9.97 Å². The van der Waals surface area contributed by atoms with E-state index in [0.29, 0.717) is 32.3 Å². The van der Waals surface area contributed by atoms with Crippen LogP contribution in [0.4, 0.5) is 5.69 Å². The molecule has 33 heavy (non-hydrogen) atoms. The summed E-state index contributed by atoms with van der Waals surface area (Å²) in [6, 6.07) is 8.19. The van der Waals surface area contributed by atoms with Crippen LogP contribution in [0.5, 0.6) is 0 Å². The summed E-state index contributed by atoms with van der Waals surface area (Å²) in [6.07, 6.45) is 5.52. The Labute approximate surface area is 201 Å². The van der Waals surface area contributed by atoms with Crippen LogP contribution in [0, 0.1) is 6.92 Å². The van der Waals surface area contributed by atoms with Gasteiger partial charge in [-0.1, -0.05) is 23.7 Å². The number of aromatic amines is 1. The zero-order valence-corrected chi connectivity index (χ0v) is 20.2. The van der Waals surface area contributed by atoms with Gasteiger partial charge in [0.15, 0.2) is 5.82 Å². The monoisotopic (exact) mass is 487 g/mol. The molecule has 0 atom stereocenters. The third-order valence-corrected chi connectivity index (χ3v) is 7.09. The number of rotatable bonds is 7. The first-order valence-electron chi connectivity index (χ1n) is 10.9. The number of aromatic nitrogens is 2. The minimum Gasteiger partial charge on any atom is -0.459 e. The standard InChI is InChI=1S/C24H26ClN3O4S/c1-15-19-22(29)26-21(27-23(19)33-20(15)24(30)32-13-12-31-2)18(25)14-16-6-8-17(9-7-16)28-10-4-3-5-11-28/h6-9,14H,3-5,10-13H2,1-2H3,(H,26,27,29)/b18-14-. The lowest BCUT2D eigenvalue weighted by Crippen LogP contribution is -2.29. The second-order valence-corrected chi connectivity index (χ2v) is 9.32. The van der Waals surface area contributed by atoms with E-state index in [4.69, 9.17) is 21.1 Å². The molecular weight excluding hydrogens is 462 g/mol. The highest BCUT2D eigenvalue weighted by Crippen LogP contribution is 2.29. The molecular formula is C24H26ClN3O4S. The number of ether oxygens (including phenoxy) is 2. The van der Waals surface area contributed by atoms with Crippen LogP contribution in [0.3, 0.4) is 0 Å². The van der Waals surface area contributed by atoms with E-state index >= 15 is 0 Å². The van der Waals surface area contributed by atoms with Gasteiger partial charge in [-0.05, 0) is 55.5 Å². The van der Waals surface area contributed by atoms with Gasteiger partial charge in [-0.15, -0.1) is 11.3 Å². The molecule has 3 heterocycles. The van der Waals surface area contributed by atoms with Crippen LogP contribution in [0.15, 0.2) is 29.1 Å². The van der Waals surface area contributed by atoms with Gasteiger partial charge >= 0.3 is 5.97 Å². The number of carbonyl (C=O) groups is 1. The number of thiophene rings is 1. The summed E-state index contributed by atoms with van der Waals surface area (Å²) in [5.41, 5.74) is 2.32. The van der Waals surface area contributed by atoms with E-state index in [1.807, 2.05) is 12.1 Å². The smallest absolute Gasteiger partial charge is 0.348 e. The second kappa shape index (κ2) is 10.5. The second-order valence-electron chi connectivity index (χ2n) is 7.91. The fourth-order valence-corrected chi connectivity index (χ4v) is 5.17. The zero-order valence-electron chi connectivity index (χ0n) is 18.7. The van der Waals surface area contributed by atoms with Gasteiger partial charge in [-0.25, -0.2) is 9.78 Å². The van der Waals surface area contributed by atoms with Gasteiger partial charge in [-0.2, -0.15) is 0 Å². The number of nitrogens with zero attached hydrogens (tertiary/aromatic N) is 2. The van der Waals surface area contributed by atoms with Crippen molar-refractivity contribution in [2.75, 3.05) is 38.3 Å². The summed E-state index contributed by atoms with van der Waals surface area (Å²) in [6.45, 7) is 4.33. The quantitative estimate of drug-likeness (QED) is 0.380. The number of nitrogens with one attached hydrogen (secondary N) is 1. The molecule has 0 saturated carbocycles. The summed E-state index contributed by atoms with van der Waals surface area (Å²) < 4.78 is 10.1. The molecule has 0 amide bonds. The fraction of sp³-hybridized carbons (Fsp3) is 0.375. The predicted octanol–water partition coefficient (Wildman–Crippen LogP) is 4.82. The zero-order chi connectivity index (χ0) is 23.4. The molecule has 1 aromatic carbocycles. The Morgan fingerprint density at radius 1 is 1.21 bits per heavy atom. The van der Waals surface area contributed by atoms with Crippen molar-refractivity contribution < 1.29 is 14.3 Å². The lowest BCUT2D eigenvalue weighted by atomic mass is 10.1. The first kappa shape index (κ1) is 23.5. The number of fused-ring (bicyclic) bond motifs is 1. The van der Waals surface area contributed by atoms with Crippen LogP contribution < -0.4 is 10.5 Å². The molecule has 9 heteroatoms. The number of hydrogen-bond acceptors (Lipinski definition) is 7. The first-order valence-corrected chi connectivity index (χ1v) is 12.1. The predicted molar refractivity (Wildman–Crippen MR) is 133 cm³/mol. The number of piperidine rings is 1. The number of halogens is 1. The highest BCUT2D eigenvalue weighted by molar-refractivity contribution is 7.20. The summed E-state index contributed by atoms with van der Waals surface area (Å²) in [4.78, 5) is 35.5. The van der Waals surface area contributed by atoms with E-state index < -0.39 is 5.97 Å². The van der Waals surface area contributed by atoms with Crippen LogP contribution in [0.25, 0.3) is 21.3 Å². The average Bonchev–Trinajstić information content (AvgIpc) is 3.17. The van der Waals surface area contributed by atoms with Crippen LogP contribution in [0.2, 0.25) is 0 Å². The molecule has 0 spiro atoms. The van der Waals surface area contributed by atoms with Crippen LogP contribution >= 0.6 is 22.9 Å². The lowest BCUT2D eigenvalue weighted by Gasteiger charge is -2.28. The largest absolute Gasteiger partial charge is 0.459 e. The first-order chi connectivity index (χ1) is 16.0. The fourth-order valence-electron chi connectivity index (χ4n) is 3.88.